The van der Waals surface area contributed by atoms with Crippen LogP contribution in [0.5, 0.6) is 11.5 Å². The fourth-order valence-corrected chi connectivity index (χ4v) is 7.41. The maximum Gasteiger partial charge on any atom is 0.340 e. The normalized spacial score (nSPS) is 10.9. The van der Waals surface area contributed by atoms with Gasteiger partial charge in [-0.05, 0) is 73.2 Å². The smallest absolute Gasteiger partial charge is 0.340 e. The van der Waals surface area contributed by atoms with Crippen LogP contribution in [-0.4, -0.2) is 123 Å². The van der Waals surface area contributed by atoms with E-state index in [4.69, 9.17) is 46.9 Å². The first-order valence-corrected chi connectivity index (χ1v) is 23.2. The molecule has 0 aliphatic carbocycles. The van der Waals surface area contributed by atoms with Crippen molar-refractivity contribution >= 4 is 75.9 Å². The Morgan fingerprint density at radius 1 is 0.513 bits per heavy atom. The van der Waals surface area contributed by atoms with E-state index in [0.717, 1.165) is 0 Å². The highest BCUT2D eigenvalue weighted by Gasteiger charge is 2.24. The molecule has 28 heteroatoms. The zero-order valence-electron chi connectivity index (χ0n) is 41.0. The molecule has 1 aliphatic rings. The maximum atomic E-state index is 12.5. The number of amides is 3. The number of benzene rings is 3. The molecule has 0 bridgehead atoms. The van der Waals surface area contributed by atoms with Crippen molar-refractivity contribution in [3.05, 3.63) is 184 Å². The van der Waals surface area contributed by atoms with Gasteiger partial charge in [0.25, 0.3) is 17.7 Å². The van der Waals surface area contributed by atoms with Gasteiger partial charge in [-0.3, -0.25) is 28.1 Å². The van der Waals surface area contributed by atoms with Gasteiger partial charge in [-0.25, -0.2) is 29.3 Å². The lowest BCUT2D eigenvalue weighted by Gasteiger charge is -2.13. The Morgan fingerprint density at radius 2 is 0.962 bits per heavy atom. The largest absolute Gasteiger partial charge is 0.465 e. The van der Waals surface area contributed by atoms with Gasteiger partial charge in [0.05, 0.1) is 60.1 Å². The van der Waals surface area contributed by atoms with Crippen LogP contribution >= 0.6 is 23.2 Å². The van der Waals surface area contributed by atoms with E-state index in [1.165, 1.54) is 63.8 Å². The molecule has 0 radical (unpaired) electrons. The number of methoxy groups -OCH3 is 3. The molecule has 1 aliphatic heterocycles. The number of para-hydroxylation sites is 1. The highest BCUT2D eigenvalue weighted by molar-refractivity contribution is 6.35. The predicted molar refractivity (Wildman–Crippen MR) is 276 cm³/mol. The minimum Gasteiger partial charge on any atom is -0.465 e. The minimum atomic E-state index is -0.620. The van der Waals surface area contributed by atoms with Gasteiger partial charge in [0.1, 0.15) is 19.0 Å². The number of carbonyl (C=O) groups is 6. The number of aromatic nitrogens is 12. The third kappa shape index (κ3) is 12.7. The SMILES string of the molecule is COC(=O)c1cc(Cl)cc(C)c1NC(=O)c1ccc(-n2ccnc2)nn1.COC(=O)c1cc2c(cc1NC(=O)c1ccc(-n3ccnc3)nn1)OCO2.COC(=O)c1cccc(Cl)c1NC(=O)c1ccc(-n2ccnc2)nn1. The number of esters is 3. The number of fused-ring (bicyclic) bond motifs is 1. The Hall–Kier alpha value is -10.5. The van der Waals surface area contributed by atoms with Gasteiger partial charge < -0.3 is 39.6 Å². The molecule has 3 aromatic carbocycles. The first-order chi connectivity index (χ1) is 37.7. The number of imidazole rings is 3. The summed E-state index contributed by atoms with van der Waals surface area (Å²) in [7, 11) is 3.75. The van der Waals surface area contributed by atoms with Crippen molar-refractivity contribution < 1.29 is 52.5 Å². The van der Waals surface area contributed by atoms with Crippen LogP contribution < -0.4 is 25.4 Å². The number of aryl methyl sites for hydroxylation is 1. The number of halogens is 2. The lowest BCUT2D eigenvalue weighted by Crippen LogP contribution is -2.18. The Labute approximate surface area is 450 Å². The quantitative estimate of drug-likeness (QED) is 0.0874. The van der Waals surface area contributed by atoms with Crippen LogP contribution in [0.25, 0.3) is 17.5 Å². The highest BCUT2D eigenvalue weighted by atomic mass is 35.5. The lowest BCUT2D eigenvalue weighted by molar-refractivity contribution is 0.0592. The number of ether oxygens (including phenoxy) is 5. The van der Waals surface area contributed by atoms with Crippen LogP contribution in [0, 0.1) is 6.92 Å². The fourth-order valence-electron chi connectivity index (χ4n) is 6.91. The summed E-state index contributed by atoms with van der Waals surface area (Å²) in [4.78, 5) is 85.0. The summed E-state index contributed by atoms with van der Waals surface area (Å²) < 4.78 is 29.7. The summed E-state index contributed by atoms with van der Waals surface area (Å²) in [6.45, 7) is 1.76. The molecular formula is C50H39Cl2N15O11. The second-order valence-corrected chi connectivity index (χ2v) is 16.5. The number of rotatable bonds is 12. The summed E-state index contributed by atoms with van der Waals surface area (Å²) >= 11 is 12.1. The zero-order valence-corrected chi connectivity index (χ0v) is 42.5. The summed E-state index contributed by atoms with van der Waals surface area (Å²) in [5.41, 5.74) is 1.99. The molecule has 0 saturated heterocycles. The fraction of sp³-hybridized carbons (Fsp3) is 0.100. The minimum absolute atomic E-state index is 0.0362. The maximum absolute atomic E-state index is 12.5. The van der Waals surface area contributed by atoms with Crippen molar-refractivity contribution in [3.8, 4) is 29.0 Å². The average Bonchev–Trinajstić information content (AvgIpc) is 4.34. The molecule has 7 heterocycles. The molecule has 3 N–H and O–H groups in total. The Balaban J connectivity index is 0.000000155. The third-order valence-corrected chi connectivity index (χ3v) is 11.3. The van der Waals surface area contributed by atoms with E-state index in [-0.39, 0.29) is 57.0 Å². The predicted octanol–water partition coefficient (Wildman–Crippen LogP) is 6.45. The zero-order chi connectivity index (χ0) is 55.3. The van der Waals surface area contributed by atoms with E-state index in [1.54, 1.807) is 113 Å². The Bertz CT molecular complexity index is 3630. The highest BCUT2D eigenvalue weighted by Crippen LogP contribution is 2.37. The Morgan fingerprint density at radius 3 is 1.41 bits per heavy atom. The number of nitrogens with one attached hydrogen (secondary N) is 3. The van der Waals surface area contributed by atoms with Crippen molar-refractivity contribution in [1.29, 1.82) is 0 Å². The second-order valence-electron chi connectivity index (χ2n) is 15.6. The molecule has 0 fully saturated rings. The van der Waals surface area contributed by atoms with Crippen LogP contribution in [0.4, 0.5) is 17.1 Å². The summed E-state index contributed by atoms with van der Waals surface area (Å²) in [6.07, 6.45) is 14.7. The summed E-state index contributed by atoms with van der Waals surface area (Å²) in [5.74, 6) is -1.06. The summed E-state index contributed by atoms with van der Waals surface area (Å²) in [5, 5.41) is 32.1. The average molecular weight is 1100 g/mol. The molecular weight excluding hydrogens is 1060 g/mol. The van der Waals surface area contributed by atoms with E-state index < -0.39 is 35.6 Å². The molecule has 0 atom stereocenters. The summed E-state index contributed by atoms with van der Waals surface area (Å²) in [6, 6.07) is 20.1. The van der Waals surface area contributed by atoms with Crippen LogP contribution in [0.2, 0.25) is 10.0 Å². The molecule has 78 heavy (non-hydrogen) atoms. The van der Waals surface area contributed by atoms with E-state index in [2.05, 4.69) is 61.5 Å². The topological polar surface area (TPSA) is 315 Å². The van der Waals surface area contributed by atoms with Crippen LogP contribution in [-0.2, 0) is 14.2 Å². The molecule has 6 aromatic heterocycles. The van der Waals surface area contributed by atoms with Crippen molar-refractivity contribution in [1.82, 2.24) is 59.2 Å². The standard InChI is InChI=1S/C17H14ClN5O3.C17H13N5O5.C16H12ClN5O3/c1-10-7-11(18)8-12(17(25)26-2)15(10)20-16(24)13-3-4-14(22-21-13)23-6-5-19-9-23;1-25-17(24)10-6-13-14(27-9-26-13)7-12(10)19-16(23)11-2-3-15(21-20-11)22-5-4-18-8-22;1-25-16(24)10-3-2-4-11(17)14(10)19-15(23)12-5-6-13(21-20-12)22-8-7-18-9-22/h3-9H,1-2H3,(H,20,24);2-8H,9H2,1H3,(H,19,23);2-9H,1H3,(H,19,23). The molecule has 394 valence electrons. The molecule has 26 nitrogen and oxygen atoms in total. The van der Waals surface area contributed by atoms with E-state index in [9.17, 15) is 28.8 Å². The van der Waals surface area contributed by atoms with Gasteiger partial charge >= 0.3 is 17.9 Å². The van der Waals surface area contributed by atoms with E-state index in [0.29, 0.717) is 45.2 Å². The monoisotopic (exact) mass is 1100 g/mol. The van der Waals surface area contributed by atoms with Crippen molar-refractivity contribution in [2.24, 2.45) is 0 Å². The van der Waals surface area contributed by atoms with Crippen LogP contribution in [0.3, 0.4) is 0 Å². The van der Waals surface area contributed by atoms with Crippen LogP contribution in [0.15, 0.2) is 135 Å². The second kappa shape index (κ2) is 24.7. The molecule has 0 saturated carbocycles. The van der Waals surface area contributed by atoms with Gasteiger partial charge in [0.2, 0.25) is 6.79 Å². The molecule has 10 rings (SSSR count). The molecule has 3 amide bonds. The number of carbonyl (C=O) groups excluding carboxylic acids is 6. The molecule has 0 unspecified atom stereocenters. The van der Waals surface area contributed by atoms with Gasteiger partial charge in [-0.1, -0.05) is 29.3 Å². The van der Waals surface area contributed by atoms with Gasteiger partial charge in [-0.2, -0.15) is 0 Å². The number of nitrogens with zero attached hydrogens (tertiary/aromatic N) is 12. The van der Waals surface area contributed by atoms with Gasteiger partial charge in [0.15, 0.2) is 46.0 Å². The van der Waals surface area contributed by atoms with E-state index in [1.807, 2.05) is 0 Å². The number of hydrogen-bond donors (Lipinski definition) is 3. The van der Waals surface area contributed by atoms with Crippen molar-refractivity contribution in [3.63, 3.8) is 0 Å². The van der Waals surface area contributed by atoms with Crippen molar-refractivity contribution in [2.75, 3.05) is 44.1 Å². The molecule has 0 spiro atoms. The van der Waals surface area contributed by atoms with Crippen LogP contribution in [0.1, 0.15) is 68.1 Å². The van der Waals surface area contributed by atoms with Gasteiger partial charge in [-0.15, -0.1) is 30.6 Å². The van der Waals surface area contributed by atoms with E-state index >= 15 is 0 Å². The molecule has 9 aromatic rings. The number of hydrogen-bond acceptors (Lipinski definition) is 20. The first kappa shape index (κ1) is 53.8. The Kier molecular flexibility index (Phi) is 17.0. The first-order valence-electron chi connectivity index (χ1n) is 22.4. The van der Waals surface area contributed by atoms with Crippen molar-refractivity contribution in [2.45, 2.75) is 6.92 Å². The van der Waals surface area contributed by atoms with Gasteiger partial charge in [0, 0.05) is 54.3 Å². The third-order valence-electron chi connectivity index (χ3n) is 10.7. The number of anilines is 3. The lowest BCUT2D eigenvalue weighted by atomic mass is 10.1.